The van der Waals surface area contributed by atoms with Gasteiger partial charge in [0.05, 0.1) is 13.7 Å². The standard InChI is InChI=1S/C18H26N2O5.ClH/c1-19-13-18(25-17(19)22)7-9-20(10-8-18)11-14(21)12-24-16-6-4-3-5-15(16)23-2;/h3-6,14,21H,7-13H2,1-2H3;1H. The molecule has 2 aliphatic rings. The SMILES string of the molecule is COc1ccccc1OCC(O)CN1CCC2(CC1)CN(C)C(=O)O2.Cl. The third-order valence-electron chi connectivity index (χ3n) is 4.88. The van der Waals surface area contributed by atoms with E-state index in [9.17, 15) is 9.90 Å². The van der Waals surface area contributed by atoms with Gasteiger partial charge in [0.1, 0.15) is 18.3 Å². The molecule has 2 heterocycles. The van der Waals surface area contributed by atoms with Crippen molar-refractivity contribution in [2.24, 2.45) is 0 Å². The Kier molecular flexibility index (Phi) is 6.97. The number of carbonyl (C=O) groups excluding carboxylic acids is 1. The van der Waals surface area contributed by atoms with E-state index in [-0.39, 0.29) is 30.7 Å². The van der Waals surface area contributed by atoms with E-state index in [4.69, 9.17) is 14.2 Å². The molecule has 0 radical (unpaired) electrons. The fourth-order valence-corrected chi connectivity index (χ4v) is 3.47. The first-order chi connectivity index (χ1) is 12.0. The van der Waals surface area contributed by atoms with Crippen LogP contribution in [0.25, 0.3) is 0 Å². The van der Waals surface area contributed by atoms with Gasteiger partial charge in [-0.2, -0.15) is 0 Å². The summed E-state index contributed by atoms with van der Waals surface area (Å²) >= 11 is 0. The minimum atomic E-state index is -0.590. The van der Waals surface area contributed by atoms with E-state index in [0.717, 1.165) is 25.9 Å². The van der Waals surface area contributed by atoms with Crippen molar-refractivity contribution in [3.63, 3.8) is 0 Å². The molecule has 0 bridgehead atoms. The number of ether oxygens (including phenoxy) is 3. The number of amides is 1. The van der Waals surface area contributed by atoms with Gasteiger partial charge in [-0.3, -0.25) is 0 Å². The Labute approximate surface area is 160 Å². The number of rotatable bonds is 6. The van der Waals surface area contributed by atoms with Crippen LogP contribution in [-0.2, 0) is 4.74 Å². The van der Waals surface area contributed by atoms with Crippen molar-refractivity contribution in [2.45, 2.75) is 24.5 Å². The van der Waals surface area contributed by atoms with E-state index >= 15 is 0 Å². The van der Waals surface area contributed by atoms with Gasteiger partial charge in [0.2, 0.25) is 0 Å². The third-order valence-corrected chi connectivity index (χ3v) is 4.88. The lowest BCUT2D eigenvalue weighted by molar-refractivity contribution is -0.0145. The van der Waals surface area contributed by atoms with Gasteiger partial charge in [-0.25, -0.2) is 4.79 Å². The second-order valence-corrected chi connectivity index (χ2v) is 6.82. The smallest absolute Gasteiger partial charge is 0.410 e. The molecule has 1 unspecified atom stereocenters. The maximum Gasteiger partial charge on any atom is 0.410 e. The van der Waals surface area contributed by atoms with Crippen molar-refractivity contribution >= 4 is 18.5 Å². The molecule has 2 fully saturated rings. The highest BCUT2D eigenvalue weighted by molar-refractivity contribution is 5.85. The molecule has 0 aromatic heterocycles. The van der Waals surface area contributed by atoms with Gasteiger partial charge in [0, 0.05) is 39.5 Å². The number of aliphatic hydroxyl groups excluding tert-OH is 1. The summed E-state index contributed by atoms with van der Waals surface area (Å²) in [5.41, 5.74) is -0.346. The van der Waals surface area contributed by atoms with Crippen molar-refractivity contribution in [3.05, 3.63) is 24.3 Å². The lowest BCUT2D eigenvalue weighted by atomic mass is 9.91. The van der Waals surface area contributed by atoms with Crippen molar-refractivity contribution in [1.29, 1.82) is 0 Å². The molecular formula is C18H27ClN2O5. The number of piperidine rings is 1. The van der Waals surface area contributed by atoms with Crippen LogP contribution in [0.1, 0.15) is 12.8 Å². The maximum absolute atomic E-state index is 11.6. The minimum absolute atomic E-state index is 0. The number of hydrogen-bond donors (Lipinski definition) is 1. The number of nitrogens with zero attached hydrogens (tertiary/aromatic N) is 2. The van der Waals surface area contributed by atoms with Crippen LogP contribution in [0.2, 0.25) is 0 Å². The fraction of sp³-hybridized carbons (Fsp3) is 0.611. The monoisotopic (exact) mass is 386 g/mol. The average Bonchev–Trinajstić information content (AvgIpc) is 2.89. The van der Waals surface area contributed by atoms with Crippen LogP contribution in [0.4, 0.5) is 4.79 Å². The average molecular weight is 387 g/mol. The van der Waals surface area contributed by atoms with Gasteiger partial charge in [-0.1, -0.05) is 12.1 Å². The number of halogens is 1. The van der Waals surface area contributed by atoms with Crippen molar-refractivity contribution < 1.29 is 24.1 Å². The van der Waals surface area contributed by atoms with E-state index in [1.807, 2.05) is 24.3 Å². The van der Waals surface area contributed by atoms with Gasteiger partial charge < -0.3 is 29.1 Å². The lowest BCUT2D eigenvalue weighted by Gasteiger charge is -2.38. The number of carbonyl (C=O) groups is 1. The Bertz CT molecular complexity index is 607. The Hall–Kier alpha value is -1.70. The molecule has 0 aliphatic carbocycles. The summed E-state index contributed by atoms with van der Waals surface area (Å²) in [6.45, 7) is 2.99. The number of methoxy groups -OCH3 is 1. The largest absolute Gasteiger partial charge is 0.493 e. The molecule has 1 N–H and O–H groups in total. The quantitative estimate of drug-likeness (QED) is 0.803. The normalized spacial score (nSPS) is 20.4. The lowest BCUT2D eigenvalue weighted by Crippen LogP contribution is -2.49. The van der Waals surface area contributed by atoms with Crippen molar-refractivity contribution in [1.82, 2.24) is 9.80 Å². The van der Waals surface area contributed by atoms with Crippen LogP contribution in [0, 0.1) is 0 Å². The van der Waals surface area contributed by atoms with Gasteiger partial charge >= 0.3 is 6.09 Å². The second kappa shape index (κ2) is 8.79. The molecule has 1 aromatic carbocycles. The van der Waals surface area contributed by atoms with E-state index in [1.54, 1.807) is 19.1 Å². The predicted octanol–water partition coefficient (Wildman–Crippen LogP) is 1.77. The number of hydrogen-bond acceptors (Lipinski definition) is 6. The Morgan fingerprint density at radius 1 is 1.27 bits per heavy atom. The topological polar surface area (TPSA) is 71.5 Å². The van der Waals surface area contributed by atoms with E-state index in [2.05, 4.69) is 4.90 Å². The van der Waals surface area contributed by atoms with E-state index in [0.29, 0.717) is 24.6 Å². The fourth-order valence-electron chi connectivity index (χ4n) is 3.47. The van der Waals surface area contributed by atoms with Gasteiger partial charge in [0.25, 0.3) is 0 Å². The zero-order valence-electron chi connectivity index (χ0n) is 15.2. The second-order valence-electron chi connectivity index (χ2n) is 6.82. The van der Waals surface area contributed by atoms with E-state index < -0.39 is 6.10 Å². The number of benzene rings is 1. The number of aliphatic hydroxyl groups is 1. The summed E-state index contributed by atoms with van der Waals surface area (Å²) in [4.78, 5) is 15.4. The number of likely N-dealkylation sites (N-methyl/N-ethyl adjacent to an activating group) is 1. The molecule has 26 heavy (non-hydrogen) atoms. The van der Waals surface area contributed by atoms with Crippen molar-refractivity contribution in [2.75, 3.05) is 46.9 Å². The molecule has 0 saturated carbocycles. The molecule has 8 heteroatoms. The summed E-state index contributed by atoms with van der Waals surface area (Å²) in [6.07, 6.45) is 0.762. The first kappa shape index (κ1) is 20.6. The summed E-state index contributed by atoms with van der Waals surface area (Å²) < 4.78 is 16.5. The molecule has 146 valence electrons. The molecule has 7 nitrogen and oxygen atoms in total. The Balaban J connectivity index is 0.00000243. The van der Waals surface area contributed by atoms with Crippen LogP contribution in [0.3, 0.4) is 0 Å². The van der Waals surface area contributed by atoms with Crippen LogP contribution in [0.15, 0.2) is 24.3 Å². The summed E-state index contributed by atoms with van der Waals surface area (Å²) in [6, 6.07) is 7.39. The van der Waals surface area contributed by atoms with Crippen LogP contribution in [-0.4, -0.2) is 79.6 Å². The maximum atomic E-state index is 11.6. The summed E-state index contributed by atoms with van der Waals surface area (Å²) in [5.74, 6) is 1.28. The highest BCUT2D eigenvalue weighted by Crippen LogP contribution is 2.32. The highest BCUT2D eigenvalue weighted by atomic mass is 35.5. The molecule has 1 amide bonds. The summed E-state index contributed by atoms with van der Waals surface area (Å²) in [7, 11) is 3.36. The van der Waals surface area contributed by atoms with Crippen LogP contribution < -0.4 is 9.47 Å². The zero-order chi connectivity index (χ0) is 17.9. The predicted molar refractivity (Wildman–Crippen MR) is 99.3 cm³/mol. The van der Waals surface area contributed by atoms with Crippen molar-refractivity contribution in [3.8, 4) is 11.5 Å². The highest BCUT2D eigenvalue weighted by Gasteiger charge is 2.45. The molecule has 1 spiro atoms. The Morgan fingerprint density at radius 3 is 2.50 bits per heavy atom. The van der Waals surface area contributed by atoms with Crippen LogP contribution >= 0.6 is 12.4 Å². The number of para-hydroxylation sites is 2. The number of β-amino-alcohol motifs (C(OH)–C–C–N with tert-alkyl or cyclic N) is 1. The molecule has 2 saturated heterocycles. The zero-order valence-corrected chi connectivity index (χ0v) is 16.0. The number of likely N-dealkylation sites (tertiary alicyclic amines) is 1. The molecule has 3 rings (SSSR count). The minimum Gasteiger partial charge on any atom is -0.493 e. The van der Waals surface area contributed by atoms with Gasteiger partial charge in [-0.05, 0) is 12.1 Å². The molecule has 1 aromatic rings. The van der Waals surface area contributed by atoms with Gasteiger partial charge in [0.15, 0.2) is 11.5 Å². The molecule has 2 aliphatic heterocycles. The van der Waals surface area contributed by atoms with Gasteiger partial charge in [-0.15, -0.1) is 12.4 Å². The first-order valence-corrected chi connectivity index (χ1v) is 8.62. The third kappa shape index (κ3) is 4.72. The molecule has 1 atom stereocenters. The van der Waals surface area contributed by atoms with E-state index in [1.165, 1.54) is 0 Å². The summed E-state index contributed by atoms with van der Waals surface area (Å²) in [5, 5.41) is 10.3. The van der Waals surface area contributed by atoms with Crippen LogP contribution in [0.5, 0.6) is 11.5 Å². The Morgan fingerprint density at radius 2 is 1.92 bits per heavy atom. The molecular weight excluding hydrogens is 360 g/mol. The first-order valence-electron chi connectivity index (χ1n) is 8.62.